The highest BCUT2D eigenvalue weighted by Gasteiger charge is 2.53. The molecule has 4 aliphatic rings. The van der Waals surface area contributed by atoms with E-state index < -0.39 is 18.5 Å². The van der Waals surface area contributed by atoms with Gasteiger partial charge in [0.15, 0.2) is 23.9 Å². The number of nitrogens with one attached hydrogen (secondary N) is 2. The number of benzene rings is 1. The van der Waals surface area contributed by atoms with Crippen LogP contribution in [0.1, 0.15) is 66.4 Å². The zero-order valence-corrected chi connectivity index (χ0v) is 21.5. The second-order valence-electron chi connectivity index (χ2n) is 10.8. The molecule has 0 unspecified atom stereocenters. The number of furan rings is 1. The molecule has 4 aliphatic carbocycles. The Hall–Kier alpha value is -3.49. The van der Waals surface area contributed by atoms with Gasteiger partial charge >= 0.3 is 5.97 Å². The van der Waals surface area contributed by atoms with Gasteiger partial charge in [-0.2, -0.15) is 0 Å². The van der Waals surface area contributed by atoms with Gasteiger partial charge in [0.2, 0.25) is 0 Å². The number of carbonyl (C=O) groups is 3. The Bertz CT molecular complexity index is 1140. The summed E-state index contributed by atoms with van der Waals surface area (Å²) >= 11 is 0. The molecular formula is C28H34N2O7. The summed E-state index contributed by atoms with van der Waals surface area (Å²) in [5.41, 5.74) is 0.326. The molecule has 2 amide bonds. The second kappa shape index (κ2) is 10.1. The lowest BCUT2D eigenvalue weighted by molar-refractivity contribution is -0.128. The van der Waals surface area contributed by atoms with Crippen molar-refractivity contribution < 1.29 is 33.0 Å². The summed E-state index contributed by atoms with van der Waals surface area (Å²) in [4.78, 5) is 38.4. The van der Waals surface area contributed by atoms with Crippen molar-refractivity contribution in [1.82, 2.24) is 5.32 Å². The highest BCUT2D eigenvalue weighted by atomic mass is 16.5. The average molecular weight is 511 g/mol. The van der Waals surface area contributed by atoms with Gasteiger partial charge in [-0.1, -0.05) is 0 Å². The van der Waals surface area contributed by atoms with Crippen LogP contribution >= 0.6 is 0 Å². The van der Waals surface area contributed by atoms with E-state index in [4.69, 9.17) is 18.6 Å². The fourth-order valence-electron chi connectivity index (χ4n) is 7.10. The summed E-state index contributed by atoms with van der Waals surface area (Å²) in [6.45, 7) is 1.67. The number of methoxy groups -OCH3 is 2. The first kappa shape index (κ1) is 25.2. The number of carbonyl (C=O) groups excluding carboxylic acids is 3. The maximum atomic E-state index is 13.0. The normalized spacial score (nSPS) is 26.3. The van der Waals surface area contributed by atoms with Crippen LogP contribution in [0.25, 0.3) is 0 Å². The van der Waals surface area contributed by atoms with Crippen molar-refractivity contribution in [2.45, 2.75) is 51.5 Å². The van der Waals surface area contributed by atoms with E-state index in [1.165, 1.54) is 77.2 Å². The number of hydrogen-bond donors (Lipinski definition) is 2. The Balaban J connectivity index is 1.25. The van der Waals surface area contributed by atoms with Gasteiger partial charge in [0.25, 0.3) is 11.8 Å². The lowest BCUT2D eigenvalue weighted by Gasteiger charge is -2.59. The van der Waals surface area contributed by atoms with Gasteiger partial charge in [-0.15, -0.1) is 0 Å². The molecule has 198 valence electrons. The Kier molecular flexibility index (Phi) is 6.88. The summed E-state index contributed by atoms with van der Waals surface area (Å²) in [5, 5.41) is 5.75. The fourth-order valence-corrected chi connectivity index (χ4v) is 7.10. The van der Waals surface area contributed by atoms with Gasteiger partial charge in [0, 0.05) is 18.2 Å². The molecule has 9 heteroatoms. The van der Waals surface area contributed by atoms with Crippen LogP contribution in [0, 0.1) is 23.2 Å². The first-order valence-electron chi connectivity index (χ1n) is 12.9. The first-order valence-corrected chi connectivity index (χ1v) is 12.9. The van der Waals surface area contributed by atoms with Crippen LogP contribution in [-0.2, 0) is 9.53 Å². The van der Waals surface area contributed by atoms with Crippen LogP contribution < -0.4 is 20.1 Å². The van der Waals surface area contributed by atoms with E-state index in [0.29, 0.717) is 5.75 Å². The molecule has 4 fully saturated rings. The van der Waals surface area contributed by atoms with Crippen molar-refractivity contribution in [3.05, 3.63) is 41.9 Å². The predicted molar refractivity (Wildman–Crippen MR) is 135 cm³/mol. The molecule has 4 saturated carbocycles. The molecule has 2 N–H and O–H groups in total. The number of hydrogen-bond acceptors (Lipinski definition) is 7. The van der Waals surface area contributed by atoms with Crippen LogP contribution in [0.5, 0.6) is 11.5 Å². The Morgan fingerprint density at radius 3 is 2.22 bits per heavy atom. The highest BCUT2D eigenvalue weighted by Crippen LogP contribution is 2.61. The number of rotatable bonds is 9. The lowest BCUT2D eigenvalue weighted by atomic mass is 9.48. The molecule has 2 aromatic rings. The van der Waals surface area contributed by atoms with E-state index >= 15 is 0 Å². The molecule has 9 nitrogen and oxygen atoms in total. The summed E-state index contributed by atoms with van der Waals surface area (Å²) in [6, 6.07) is 5.99. The third kappa shape index (κ3) is 5.04. The minimum atomic E-state index is -0.770. The number of anilines is 1. The van der Waals surface area contributed by atoms with Gasteiger partial charge in [0.1, 0.15) is 0 Å². The summed E-state index contributed by atoms with van der Waals surface area (Å²) in [6.07, 6.45) is 8.90. The van der Waals surface area contributed by atoms with Crippen molar-refractivity contribution in [2.75, 3.05) is 26.1 Å². The Morgan fingerprint density at radius 1 is 1.03 bits per heavy atom. The molecule has 4 bridgehead atoms. The highest BCUT2D eigenvalue weighted by molar-refractivity contribution is 6.07. The largest absolute Gasteiger partial charge is 0.493 e. The lowest BCUT2D eigenvalue weighted by Crippen LogP contribution is -2.56. The molecular weight excluding hydrogens is 476 g/mol. The molecule has 1 atom stereocenters. The van der Waals surface area contributed by atoms with Crippen LogP contribution in [0.3, 0.4) is 0 Å². The topological polar surface area (TPSA) is 116 Å². The summed E-state index contributed by atoms with van der Waals surface area (Å²) in [5.74, 6) is 1.36. The molecule has 0 radical (unpaired) electrons. The standard InChI is InChI=1S/C28H34N2O7/c1-16(28-12-17-7-18(13-28)9-19(8-17)14-28)29-25(31)15-37-27(33)20-10-23(34-2)24(35-3)11-21(20)30-26(32)22-5-4-6-36-22/h4-6,10-11,16-19H,7-9,12-15H2,1-3H3,(H,29,31)(H,30,32)/t16-,17?,18?,19?,28?/m1/s1. The van der Waals surface area contributed by atoms with Crippen LogP contribution in [0.15, 0.2) is 34.9 Å². The number of esters is 1. The maximum absolute atomic E-state index is 13.0. The molecule has 0 spiro atoms. The Morgan fingerprint density at radius 2 is 1.65 bits per heavy atom. The predicted octanol–water partition coefficient (Wildman–Crippen LogP) is 4.43. The van der Waals surface area contributed by atoms with E-state index in [1.54, 1.807) is 6.07 Å². The van der Waals surface area contributed by atoms with Crippen LogP contribution in [0.4, 0.5) is 5.69 Å². The van der Waals surface area contributed by atoms with E-state index in [-0.39, 0.29) is 40.1 Å². The molecule has 1 heterocycles. The quantitative estimate of drug-likeness (QED) is 0.480. The number of ether oxygens (including phenoxy) is 3. The zero-order chi connectivity index (χ0) is 26.2. The second-order valence-corrected chi connectivity index (χ2v) is 10.8. The van der Waals surface area contributed by atoms with E-state index in [9.17, 15) is 14.4 Å². The summed E-state index contributed by atoms with van der Waals surface area (Å²) < 4.78 is 21.1. The van der Waals surface area contributed by atoms with Gasteiger partial charge in [-0.3, -0.25) is 9.59 Å². The van der Waals surface area contributed by atoms with Crippen molar-refractivity contribution in [2.24, 2.45) is 23.2 Å². The minimum Gasteiger partial charge on any atom is -0.493 e. The van der Waals surface area contributed by atoms with E-state index in [1.807, 2.05) is 0 Å². The molecule has 6 rings (SSSR count). The van der Waals surface area contributed by atoms with Crippen molar-refractivity contribution in [3.63, 3.8) is 0 Å². The van der Waals surface area contributed by atoms with E-state index in [2.05, 4.69) is 17.6 Å². The monoisotopic (exact) mass is 510 g/mol. The van der Waals surface area contributed by atoms with Gasteiger partial charge < -0.3 is 29.3 Å². The maximum Gasteiger partial charge on any atom is 0.340 e. The molecule has 0 saturated heterocycles. The van der Waals surface area contributed by atoms with Gasteiger partial charge in [0.05, 0.1) is 31.7 Å². The van der Waals surface area contributed by atoms with E-state index in [0.717, 1.165) is 17.8 Å². The van der Waals surface area contributed by atoms with Crippen molar-refractivity contribution >= 4 is 23.5 Å². The molecule has 0 aliphatic heterocycles. The molecule has 1 aromatic carbocycles. The van der Waals surface area contributed by atoms with Crippen molar-refractivity contribution in [1.29, 1.82) is 0 Å². The fraction of sp³-hybridized carbons (Fsp3) is 0.536. The molecule has 37 heavy (non-hydrogen) atoms. The Labute approximate surface area is 216 Å². The SMILES string of the molecule is COc1cc(NC(=O)c2ccco2)c(C(=O)OCC(=O)N[C@H](C)C23CC4CC(CC(C4)C2)C3)cc1OC. The minimum absolute atomic E-state index is 0.0244. The average Bonchev–Trinajstić information content (AvgIpc) is 3.41. The zero-order valence-electron chi connectivity index (χ0n) is 21.5. The third-order valence-electron chi connectivity index (χ3n) is 8.45. The third-order valence-corrected chi connectivity index (χ3v) is 8.45. The smallest absolute Gasteiger partial charge is 0.340 e. The van der Waals surface area contributed by atoms with Gasteiger partial charge in [-0.05, 0) is 80.8 Å². The first-order chi connectivity index (χ1) is 17.8. The summed E-state index contributed by atoms with van der Waals surface area (Å²) in [7, 11) is 2.89. The van der Waals surface area contributed by atoms with Crippen LogP contribution in [-0.4, -0.2) is 44.7 Å². The van der Waals surface area contributed by atoms with Crippen molar-refractivity contribution in [3.8, 4) is 11.5 Å². The van der Waals surface area contributed by atoms with Crippen LogP contribution in [0.2, 0.25) is 0 Å². The van der Waals surface area contributed by atoms with Gasteiger partial charge in [-0.25, -0.2) is 4.79 Å². The number of amides is 2. The molecule has 1 aromatic heterocycles.